The summed E-state index contributed by atoms with van der Waals surface area (Å²) in [6.07, 6.45) is -3.58. The topological polar surface area (TPSA) is 90.7 Å². The van der Waals surface area contributed by atoms with Crippen LogP contribution in [0.15, 0.2) is 30.6 Å². The van der Waals surface area contributed by atoms with Crippen LogP contribution < -0.4 is 10.6 Å². The molecular formula is C18H15F4N5O. The SMILES string of the molecule is N#Cc1ccc(-c2cnc(C(F)(F)F)nc2)cc1CNC(=O)[C@H]1NCC[C@@H]1F. The molecule has 10 heteroatoms. The molecule has 0 radical (unpaired) electrons. The first-order chi connectivity index (χ1) is 13.3. The summed E-state index contributed by atoms with van der Waals surface area (Å²) >= 11 is 0. The minimum absolute atomic E-state index is 0.0258. The van der Waals surface area contributed by atoms with Crippen LogP contribution in [0.4, 0.5) is 17.6 Å². The van der Waals surface area contributed by atoms with Crippen molar-refractivity contribution in [2.24, 2.45) is 0 Å². The van der Waals surface area contributed by atoms with Gasteiger partial charge >= 0.3 is 6.18 Å². The van der Waals surface area contributed by atoms with Gasteiger partial charge in [0, 0.05) is 24.5 Å². The highest BCUT2D eigenvalue weighted by Crippen LogP contribution is 2.27. The average Bonchev–Trinajstić information content (AvgIpc) is 3.11. The van der Waals surface area contributed by atoms with Gasteiger partial charge in [0.05, 0.1) is 11.6 Å². The number of hydrogen-bond donors (Lipinski definition) is 2. The van der Waals surface area contributed by atoms with Crippen LogP contribution in [0.2, 0.25) is 0 Å². The van der Waals surface area contributed by atoms with Gasteiger partial charge in [0.15, 0.2) is 0 Å². The maximum Gasteiger partial charge on any atom is 0.451 e. The van der Waals surface area contributed by atoms with Crippen LogP contribution in [0.25, 0.3) is 11.1 Å². The highest BCUT2D eigenvalue weighted by Gasteiger charge is 2.34. The van der Waals surface area contributed by atoms with E-state index in [0.717, 1.165) is 12.4 Å². The van der Waals surface area contributed by atoms with E-state index in [-0.39, 0.29) is 18.5 Å². The quantitative estimate of drug-likeness (QED) is 0.779. The van der Waals surface area contributed by atoms with Crippen molar-refractivity contribution in [1.82, 2.24) is 20.6 Å². The number of rotatable bonds is 4. The van der Waals surface area contributed by atoms with E-state index in [1.165, 1.54) is 6.07 Å². The van der Waals surface area contributed by atoms with Gasteiger partial charge in [-0.15, -0.1) is 0 Å². The second-order valence-corrected chi connectivity index (χ2v) is 6.23. The summed E-state index contributed by atoms with van der Waals surface area (Å²) < 4.78 is 51.4. The van der Waals surface area contributed by atoms with Crippen LogP contribution in [0.1, 0.15) is 23.4 Å². The number of carbonyl (C=O) groups is 1. The zero-order valence-electron chi connectivity index (χ0n) is 14.4. The Morgan fingerprint density at radius 2 is 2.00 bits per heavy atom. The van der Waals surface area contributed by atoms with Crippen molar-refractivity contribution >= 4 is 5.91 Å². The third kappa shape index (κ3) is 4.26. The van der Waals surface area contributed by atoms with E-state index in [9.17, 15) is 27.6 Å². The Bertz CT molecular complexity index is 908. The van der Waals surface area contributed by atoms with Crippen LogP contribution in [0, 0.1) is 11.3 Å². The van der Waals surface area contributed by atoms with Crippen molar-refractivity contribution in [1.29, 1.82) is 5.26 Å². The Labute approximate surface area is 157 Å². The van der Waals surface area contributed by atoms with Crippen LogP contribution in [0.5, 0.6) is 0 Å². The lowest BCUT2D eigenvalue weighted by Crippen LogP contribution is -2.44. The fourth-order valence-electron chi connectivity index (χ4n) is 2.87. The molecule has 2 N–H and O–H groups in total. The average molecular weight is 393 g/mol. The number of hydrogen-bond acceptors (Lipinski definition) is 5. The minimum Gasteiger partial charge on any atom is -0.351 e. The maximum absolute atomic E-state index is 13.6. The molecule has 1 saturated heterocycles. The summed E-state index contributed by atoms with van der Waals surface area (Å²) in [5.74, 6) is -1.76. The highest BCUT2D eigenvalue weighted by atomic mass is 19.4. The van der Waals surface area contributed by atoms with Gasteiger partial charge in [-0.3, -0.25) is 4.79 Å². The fraction of sp³-hybridized carbons (Fsp3) is 0.333. The molecule has 2 atom stereocenters. The van der Waals surface area contributed by atoms with Gasteiger partial charge in [-0.25, -0.2) is 14.4 Å². The van der Waals surface area contributed by atoms with Gasteiger partial charge in [0.1, 0.15) is 12.2 Å². The van der Waals surface area contributed by atoms with E-state index in [2.05, 4.69) is 20.6 Å². The van der Waals surface area contributed by atoms with E-state index in [4.69, 9.17) is 0 Å². The van der Waals surface area contributed by atoms with Crippen molar-refractivity contribution in [3.05, 3.63) is 47.5 Å². The predicted octanol–water partition coefficient (Wildman–Crippen LogP) is 2.35. The number of benzene rings is 1. The Balaban J connectivity index is 1.78. The monoisotopic (exact) mass is 393 g/mol. The predicted molar refractivity (Wildman–Crippen MR) is 90.3 cm³/mol. The molecule has 28 heavy (non-hydrogen) atoms. The van der Waals surface area contributed by atoms with Crippen molar-refractivity contribution < 1.29 is 22.4 Å². The van der Waals surface area contributed by atoms with Gasteiger partial charge in [-0.1, -0.05) is 6.07 Å². The molecule has 6 nitrogen and oxygen atoms in total. The van der Waals surface area contributed by atoms with Crippen molar-refractivity contribution in [3.8, 4) is 17.2 Å². The molecule has 1 aromatic carbocycles. The van der Waals surface area contributed by atoms with Gasteiger partial charge in [0.25, 0.3) is 0 Å². The summed E-state index contributed by atoms with van der Waals surface area (Å²) in [4.78, 5) is 18.7. The van der Waals surface area contributed by atoms with Crippen LogP contribution in [-0.4, -0.2) is 34.6 Å². The molecule has 0 bridgehead atoms. The van der Waals surface area contributed by atoms with Gasteiger partial charge < -0.3 is 10.6 Å². The Kier molecular flexibility index (Phi) is 5.56. The van der Waals surface area contributed by atoms with Crippen molar-refractivity contribution in [3.63, 3.8) is 0 Å². The standard InChI is InChI=1S/C18H15F4N5O/c19-14-3-4-24-15(14)16(28)25-7-12-5-10(1-2-11(12)6-23)13-8-26-17(27-9-13)18(20,21)22/h1-2,5,8-9,14-15,24H,3-4,7H2,(H,25,28)/t14-,15-/m0/s1. The fourth-order valence-corrected chi connectivity index (χ4v) is 2.87. The second-order valence-electron chi connectivity index (χ2n) is 6.23. The molecule has 1 aliphatic rings. The molecule has 1 amide bonds. The first-order valence-electron chi connectivity index (χ1n) is 8.37. The number of alkyl halides is 4. The van der Waals surface area contributed by atoms with Crippen molar-refractivity contribution in [2.45, 2.75) is 31.4 Å². The van der Waals surface area contributed by atoms with E-state index in [1.807, 2.05) is 6.07 Å². The number of nitrogens with one attached hydrogen (secondary N) is 2. The molecular weight excluding hydrogens is 378 g/mol. The molecule has 146 valence electrons. The lowest BCUT2D eigenvalue weighted by Gasteiger charge is -2.14. The number of halogens is 4. The molecule has 2 heterocycles. The Hall–Kier alpha value is -3.06. The van der Waals surface area contributed by atoms with E-state index in [0.29, 0.717) is 23.2 Å². The lowest BCUT2D eigenvalue weighted by molar-refractivity contribution is -0.145. The zero-order chi connectivity index (χ0) is 20.3. The molecule has 1 aromatic heterocycles. The lowest BCUT2D eigenvalue weighted by atomic mass is 10.0. The second kappa shape index (κ2) is 7.90. The Morgan fingerprint density at radius 3 is 2.57 bits per heavy atom. The largest absolute Gasteiger partial charge is 0.451 e. The molecule has 1 aliphatic heterocycles. The maximum atomic E-state index is 13.6. The van der Waals surface area contributed by atoms with Gasteiger partial charge in [0.2, 0.25) is 11.7 Å². The molecule has 0 spiro atoms. The Morgan fingerprint density at radius 1 is 1.29 bits per heavy atom. The summed E-state index contributed by atoms with van der Waals surface area (Å²) in [6, 6.07) is 5.64. The third-order valence-corrected chi connectivity index (χ3v) is 4.35. The molecule has 2 aromatic rings. The molecule has 0 unspecified atom stereocenters. The minimum atomic E-state index is -4.64. The van der Waals surface area contributed by atoms with Crippen LogP contribution >= 0.6 is 0 Å². The molecule has 0 aliphatic carbocycles. The molecule has 3 rings (SSSR count). The highest BCUT2D eigenvalue weighted by molar-refractivity contribution is 5.83. The number of carbonyl (C=O) groups excluding carboxylic acids is 1. The summed E-state index contributed by atoms with van der Waals surface area (Å²) in [6.45, 7) is 0.383. The third-order valence-electron chi connectivity index (χ3n) is 4.35. The van der Waals surface area contributed by atoms with Crippen molar-refractivity contribution in [2.75, 3.05) is 6.54 Å². The summed E-state index contributed by atoms with van der Waals surface area (Å²) in [5, 5.41) is 14.6. The normalized spacial score (nSPS) is 19.2. The molecule has 0 saturated carbocycles. The van der Waals surface area contributed by atoms with E-state index >= 15 is 0 Å². The zero-order valence-corrected chi connectivity index (χ0v) is 14.4. The first kappa shape index (κ1) is 19.7. The number of nitrogens with zero attached hydrogens (tertiary/aromatic N) is 3. The summed E-state index contributed by atoms with van der Waals surface area (Å²) in [5.41, 5.74) is 1.54. The van der Waals surface area contributed by atoms with E-state index < -0.39 is 30.1 Å². The summed E-state index contributed by atoms with van der Waals surface area (Å²) in [7, 11) is 0. The molecule has 1 fully saturated rings. The number of amides is 1. The number of aromatic nitrogens is 2. The smallest absolute Gasteiger partial charge is 0.351 e. The van der Waals surface area contributed by atoms with Crippen LogP contribution in [0.3, 0.4) is 0 Å². The van der Waals surface area contributed by atoms with Gasteiger partial charge in [-0.2, -0.15) is 18.4 Å². The first-order valence-corrected chi connectivity index (χ1v) is 8.37. The van der Waals surface area contributed by atoms with E-state index in [1.54, 1.807) is 12.1 Å². The van der Waals surface area contributed by atoms with Gasteiger partial charge in [-0.05, 0) is 36.2 Å². The number of nitriles is 1. The van der Waals surface area contributed by atoms with Crippen LogP contribution in [-0.2, 0) is 17.5 Å².